The van der Waals surface area contributed by atoms with Crippen LogP contribution >= 0.6 is 0 Å². The Labute approximate surface area is 164 Å². The highest BCUT2D eigenvalue weighted by Crippen LogP contribution is 2.28. The lowest BCUT2D eigenvalue weighted by Gasteiger charge is -2.35. The van der Waals surface area contributed by atoms with E-state index in [1.54, 1.807) is 17.2 Å². The number of rotatable bonds is 7. The van der Waals surface area contributed by atoms with Gasteiger partial charge < -0.3 is 20.5 Å². The van der Waals surface area contributed by atoms with E-state index in [9.17, 15) is 9.59 Å². The third-order valence-electron chi connectivity index (χ3n) is 5.09. The van der Waals surface area contributed by atoms with Crippen LogP contribution in [0.5, 0.6) is 0 Å². The Hall–Kier alpha value is -2.93. The molecule has 2 aromatic rings. The first-order chi connectivity index (χ1) is 13.5. The Morgan fingerprint density at radius 3 is 2.71 bits per heavy atom. The molecule has 2 atom stereocenters. The first kappa shape index (κ1) is 19.8. The van der Waals surface area contributed by atoms with Gasteiger partial charge in [-0.25, -0.2) is 4.79 Å². The first-order valence-corrected chi connectivity index (χ1v) is 9.43. The van der Waals surface area contributed by atoms with Gasteiger partial charge in [-0.15, -0.1) is 0 Å². The molecule has 0 bridgehead atoms. The van der Waals surface area contributed by atoms with E-state index in [1.807, 2.05) is 31.2 Å². The predicted octanol–water partition coefficient (Wildman–Crippen LogP) is 2.89. The minimum Gasteiger partial charge on any atom is -0.446 e. The van der Waals surface area contributed by atoms with Crippen molar-refractivity contribution < 1.29 is 19.4 Å². The van der Waals surface area contributed by atoms with Crippen LogP contribution in [0.1, 0.15) is 48.1 Å². The summed E-state index contributed by atoms with van der Waals surface area (Å²) in [6.45, 7) is 2.71. The van der Waals surface area contributed by atoms with Crippen LogP contribution in [-0.4, -0.2) is 46.2 Å². The number of benzene rings is 1. The molecule has 3 N–H and O–H groups in total. The number of aliphatic hydroxyl groups is 1. The molecule has 0 spiro atoms. The van der Waals surface area contributed by atoms with Gasteiger partial charge in [-0.05, 0) is 37.0 Å². The molecular formula is C21H25N3O4. The van der Waals surface area contributed by atoms with Gasteiger partial charge in [0.25, 0.3) is 0 Å². The van der Waals surface area contributed by atoms with E-state index in [1.165, 1.54) is 6.20 Å². The number of aromatic nitrogens is 1. The Kier molecular flexibility index (Phi) is 6.26. The molecule has 1 aliphatic heterocycles. The van der Waals surface area contributed by atoms with Gasteiger partial charge >= 0.3 is 6.09 Å². The molecule has 1 saturated heterocycles. The molecule has 3 rings (SSSR count). The van der Waals surface area contributed by atoms with Gasteiger partial charge in [0.1, 0.15) is 6.10 Å². The number of primary amides is 1. The average Bonchev–Trinajstić information content (AvgIpc) is 2.72. The molecule has 28 heavy (non-hydrogen) atoms. The van der Waals surface area contributed by atoms with Gasteiger partial charge in [-0.1, -0.05) is 24.3 Å². The number of carbonyl (C=O) groups is 2. The summed E-state index contributed by atoms with van der Waals surface area (Å²) in [5.74, 6) is -0.513. The van der Waals surface area contributed by atoms with Crippen LogP contribution in [0.4, 0.5) is 4.79 Å². The van der Waals surface area contributed by atoms with Crippen molar-refractivity contribution in [3.63, 3.8) is 0 Å². The number of pyridine rings is 1. The zero-order valence-electron chi connectivity index (χ0n) is 15.9. The van der Waals surface area contributed by atoms with Crippen LogP contribution < -0.4 is 5.73 Å². The number of hydrogen-bond donors (Lipinski definition) is 2. The van der Waals surface area contributed by atoms with Crippen LogP contribution in [0, 0.1) is 0 Å². The zero-order valence-corrected chi connectivity index (χ0v) is 15.9. The van der Waals surface area contributed by atoms with Crippen molar-refractivity contribution in [1.82, 2.24) is 9.88 Å². The van der Waals surface area contributed by atoms with Crippen LogP contribution in [0.3, 0.4) is 0 Å². The van der Waals surface area contributed by atoms with Crippen molar-refractivity contribution in [2.75, 3.05) is 13.2 Å². The summed E-state index contributed by atoms with van der Waals surface area (Å²) >= 11 is 0. The molecule has 0 radical (unpaired) electrons. The summed E-state index contributed by atoms with van der Waals surface area (Å²) in [5.41, 5.74) is 8.39. The predicted molar refractivity (Wildman–Crippen MR) is 105 cm³/mol. The fourth-order valence-corrected chi connectivity index (χ4v) is 3.38. The minimum atomic E-state index is -0.513. The smallest absolute Gasteiger partial charge is 0.410 e. The van der Waals surface area contributed by atoms with Crippen LogP contribution in [0.25, 0.3) is 11.1 Å². The molecule has 7 nitrogen and oxygen atoms in total. The summed E-state index contributed by atoms with van der Waals surface area (Å²) in [5, 5.41) is 8.92. The summed E-state index contributed by atoms with van der Waals surface area (Å²) < 4.78 is 5.50. The van der Waals surface area contributed by atoms with Gasteiger partial charge in [0.2, 0.25) is 5.91 Å². The third-order valence-corrected chi connectivity index (χ3v) is 5.09. The fraction of sp³-hybridized carbons (Fsp3) is 0.381. The summed E-state index contributed by atoms with van der Waals surface area (Å²) in [4.78, 5) is 29.5. The van der Waals surface area contributed by atoms with Gasteiger partial charge in [0.05, 0.1) is 11.6 Å². The van der Waals surface area contributed by atoms with Crippen molar-refractivity contribution in [2.45, 2.75) is 38.3 Å². The molecule has 1 fully saturated rings. The zero-order chi connectivity index (χ0) is 20.1. The number of aliphatic hydroxyl groups excluding tert-OH is 1. The lowest BCUT2D eigenvalue weighted by Crippen LogP contribution is -2.43. The molecule has 2 amide bonds. The highest BCUT2D eigenvalue weighted by Gasteiger charge is 2.30. The second-order valence-corrected chi connectivity index (χ2v) is 6.98. The molecule has 1 aliphatic rings. The number of nitrogens with two attached hydrogens (primary N) is 1. The first-order valence-electron chi connectivity index (χ1n) is 9.43. The second kappa shape index (κ2) is 8.84. The average molecular weight is 383 g/mol. The fourth-order valence-electron chi connectivity index (χ4n) is 3.38. The Bertz CT molecular complexity index is 838. The quantitative estimate of drug-likeness (QED) is 0.765. The SMILES string of the molecule is CC(c1ccc(-c2cncc(C(N)=O)c2)cc1)N1CCC(CCCO)OC1=O. The van der Waals surface area contributed by atoms with Crippen molar-refractivity contribution in [1.29, 1.82) is 0 Å². The molecular weight excluding hydrogens is 358 g/mol. The van der Waals surface area contributed by atoms with Crippen LogP contribution in [-0.2, 0) is 4.74 Å². The molecule has 2 unspecified atom stereocenters. The molecule has 148 valence electrons. The number of hydrogen-bond acceptors (Lipinski definition) is 5. The lowest BCUT2D eigenvalue weighted by atomic mass is 10.00. The van der Waals surface area contributed by atoms with E-state index >= 15 is 0 Å². The van der Waals surface area contributed by atoms with Gasteiger partial charge in [0, 0.05) is 37.5 Å². The van der Waals surface area contributed by atoms with Crippen molar-refractivity contribution >= 4 is 12.0 Å². The molecule has 1 aromatic heterocycles. The normalized spacial score (nSPS) is 17.9. The van der Waals surface area contributed by atoms with E-state index in [0.29, 0.717) is 24.9 Å². The highest BCUT2D eigenvalue weighted by atomic mass is 16.6. The summed E-state index contributed by atoms with van der Waals surface area (Å²) in [6, 6.07) is 9.39. The largest absolute Gasteiger partial charge is 0.446 e. The van der Waals surface area contributed by atoms with Gasteiger partial charge in [-0.3, -0.25) is 9.78 Å². The number of amides is 2. The van der Waals surface area contributed by atoms with E-state index in [-0.39, 0.29) is 24.8 Å². The molecule has 1 aromatic carbocycles. The number of cyclic esters (lactones) is 1. The Morgan fingerprint density at radius 1 is 1.32 bits per heavy atom. The summed E-state index contributed by atoms with van der Waals surface area (Å²) in [7, 11) is 0. The number of ether oxygens (including phenoxy) is 1. The molecule has 7 heteroatoms. The maximum Gasteiger partial charge on any atom is 0.410 e. The van der Waals surface area contributed by atoms with E-state index < -0.39 is 5.91 Å². The van der Waals surface area contributed by atoms with Crippen LogP contribution in [0.15, 0.2) is 42.7 Å². The monoisotopic (exact) mass is 383 g/mol. The van der Waals surface area contributed by atoms with Crippen LogP contribution in [0.2, 0.25) is 0 Å². The maximum atomic E-state index is 12.4. The van der Waals surface area contributed by atoms with Gasteiger partial charge in [0.15, 0.2) is 0 Å². The minimum absolute atomic E-state index is 0.110. The van der Waals surface area contributed by atoms with E-state index in [2.05, 4.69) is 4.98 Å². The van der Waals surface area contributed by atoms with Crippen molar-refractivity contribution in [3.8, 4) is 11.1 Å². The summed E-state index contributed by atoms with van der Waals surface area (Å²) in [6.07, 6.45) is 4.79. The Balaban J connectivity index is 1.69. The lowest BCUT2D eigenvalue weighted by molar-refractivity contribution is 0.00760. The molecule has 0 saturated carbocycles. The van der Waals surface area contributed by atoms with E-state index in [4.69, 9.17) is 15.6 Å². The topological polar surface area (TPSA) is 106 Å². The van der Waals surface area contributed by atoms with Gasteiger partial charge in [-0.2, -0.15) is 0 Å². The third kappa shape index (κ3) is 4.48. The molecule has 2 heterocycles. The highest BCUT2D eigenvalue weighted by molar-refractivity contribution is 5.93. The second-order valence-electron chi connectivity index (χ2n) is 6.98. The van der Waals surface area contributed by atoms with Crippen molar-refractivity contribution in [2.24, 2.45) is 5.73 Å². The number of carbonyl (C=O) groups excluding carboxylic acids is 2. The molecule has 0 aliphatic carbocycles. The van der Waals surface area contributed by atoms with Crippen molar-refractivity contribution in [3.05, 3.63) is 53.9 Å². The number of nitrogens with zero attached hydrogens (tertiary/aromatic N) is 2. The Morgan fingerprint density at radius 2 is 2.07 bits per heavy atom. The van der Waals surface area contributed by atoms with E-state index in [0.717, 1.165) is 23.1 Å². The standard InChI is InChI=1S/C21H25N3O4/c1-14(24-9-8-19(3-2-10-25)28-21(24)27)15-4-6-16(7-5-15)17-11-18(20(22)26)13-23-12-17/h4-7,11-14,19,25H,2-3,8-10H2,1H3,(H2,22,26). The maximum absolute atomic E-state index is 12.4.